The van der Waals surface area contributed by atoms with Crippen molar-refractivity contribution in [3.8, 4) is 0 Å². The van der Waals surface area contributed by atoms with Gasteiger partial charge in [0.05, 0.1) is 35.2 Å². The lowest BCUT2D eigenvalue weighted by atomic mass is 10.1. The van der Waals surface area contributed by atoms with Crippen LogP contribution in [0.1, 0.15) is 37.7 Å². The third-order valence-electron chi connectivity index (χ3n) is 4.05. The second-order valence-corrected chi connectivity index (χ2v) is 6.86. The fourth-order valence-corrected chi connectivity index (χ4v) is 3.61. The topological polar surface area (TPSA) is 71.5 Å². The Balaban J connectivity index is 1.81. The minimum atomic E-state index is -0.225. The van der Waals surface area contributed by atoms with E-state index in [4.69, 9.17) is 4.74 Å². The summed E-state index contributed by atoms with van der Waals surface area (Å²) < 4.78 is 5.30. The summed E-state index contributed by atoms with van der Waals surface area (Å²) in [5.41, 5.74) is 1.74. The summed E-state index contributed by atoms with van der Waals surface area (Å²) in [4.78, 5) is 32.1. The Labute approximate surface area is 150 Å². The SMILES string of the molecule is CCc1nc(C)c(C(=O)Nc2ccccc2C(=O)N2CCOCC2)s1. The number of rotatable bonds is 4. The van der Waals surface area contributed by atoms with Crippen LogP contribution >= 0.6 is 11.3 Å². The number of aromatic nitrogens is 1. The van der Waals surface area contributed by atoms with E-state index in [-0.39, 0.29) is 11.8 Å². The van der Waals surface area contributed by atoms with Crippen LogP contribution in [0.3, 0.4) is 0 Å². The molecule has 2 aromatic rings. The molecule has 1 aromatic heterocycles. The first kappa shape index (κ1) is 17.6. The molecule has 1 N–H and O–H groups in total. The molecule has 0 radical (unpaired) electrons. The van der Waals surface area contributed by atoms with Crippen molar-refractivity contribution in [2.45, 2.75) is 20.3 Å². The van der Waals surface area contributed by atoms with E-state index in [1.54, 1.807) is 23.1 Å². The van der Waals surface area contributed by atoms with Gasteiger partial charge in [-0.25, -0.2) is 4.98 Å². The van der Waals surface area contributed by atoms with Gasteiger partial charge < -0.3 is 15.0 Å². The van der Waals surface area contributed by atoms with Crippen LogP contribution in [0.4, 0.5) is 5.69 Å². The molecule has 1 aliphatic heterocycles. The number of para-hydroxylation sites is 1. The number of anilines is 1. The maximum absolute atomic E-state index is 12.8. The van der Waals surface area contributed by atoms with E-state index in [1.807, 2.05) is 19.9 Å². The van der Waals surface area contributed by atoms with Crippen LogP contribution in [0.25, 0.3) is 0 Å². The van der Waals surface area contributed by atoms with Crippen molar-refractivity contribution in [1.29, 1.82) is 0 Å². The number of benzene rings is 1. The molecule has 25 heavy (non-hydrogen) atoms. The molecule has 2 amide bonds. The van der Waals surface area contributed by atoms with Crippen molar-refractivity contribution in [3.63, 3.8) is 0 Å². The van der Waals surface area contributed by atoms with Crippen LogP contribution in [0, 0.1) is 6.92 Å². The highest BCUT2D eigenvalue weighted by molar-refractivity contribution is 7.13. The Morgan fingerprint density at radius 3 is 2.68 bits per heavy atom. The van der Waals surface area contributed by atoms with E-state index in [2.05, 4.69) is 10.3 Å². The Hall–Kier alpha value is -2.25. The second-order valence-electron chi connectivity index (χ2n) is 5.78. The van der Waals surface area contributed by atoms with Gasteiger partial charge in [-0.3, -0.25) is 9.59 Å². The molecular weight excluding hydrogens is 338 g/mol. The molecule has 1 aliphatic rings. The maximum Gasteiger partial charge on any atom is 0.267 e. The van der Waals surface area contributed by atoms with Crippen LogP contribution < -0.4 is 5.32 Å². The van der Waals surface area contributed by atoms with Gasteiger partial charge in [0.25, 0.3) is 11.8 Å². The van der Waals surface area contributed by atoms with Gasteiger partial charge in [-0.2, -0.15) is 0 Å². The third kappa shape index (κ3) is 3.88. The molecule has 132 valence electrons. The van der Waals surface area contributed by atoms with Crippen molar-refractivity contribution >= 4 is 28.8 Å². The fourth-order valence-electron chi connectivity index (χ4n) is 2.71. The average Bonchev–Trinajstić information content (AvgIpc) is 3.03. The van der Waals surface area contributed by atoms with E-state index in [9.17, 15) is 9.59 Å². The largest absolute Gasteiger partial charge is 0.378 e. The molecule has 0 atom stereocenters. The monoisotopic (exact) mass is 359 g/mol. The summed E-state index contributed by atoms with van der Waals surface area (Å²) in [5, 5.41) is 3.81. The predicted molar refractivity (Wildman–Crippen MR) is 97.3 cm³/mol. The quantitative estimate of drug-likeness (QED) is 0.911. The number of hydrogen-bond donors (Lipinski definition) is 1. The number of ether oxygens (including phenoxy) is 1. The van der Waals surface area contributed by atoms with Crippen molar-refractivity contribution in [1.82, 2.24) is 9.88 Å². The first-order valence-electron chi connectivity index (χ1n) is 8.34. The number of carbonyl (C=O) groups excluding carboxylic acids is 2. The zero-order valence-electron chi connectivity index (χ0n) is 14.4. The fraction of sp³-hybridized carbons (Fsp3) is 0.389. The molecule has 0 spiro atoms. The first-order chi connectivity index (χ1) is 12.1. The number of amides is 2. The van der Waals surface area contributed by atoms with E-state index < -0.39 is 0 Å². The molecule has 7 heteroatoms. The standard InChI is InChI=1S/C18H21N3O3S/c1-3-15-19-12(2)16(25-15)17(22)20-14-7-5-4-6-13(14)18(23)21-8-10-24-11-9-21/h4-7H,3,8-11H2,1-2H3,(H,20,22). The molecule has 2 heterocycles. The molecule has 1 aromatic carbocycles. The molecule has 1 saturated heterocycles. The highest BCUT2D eigenvalue weighted by Gasteiger charge is 2.22. The summed E-state index contributed by atoms with van der Waals surface area (Å²) in [6, 6.07) is 7.10. The highest BCUT2D eigenvalue weighted by atomic mass is 32.1. The Bertz CT molecular complexity index is 782. The normalized spacial score (nSPS) is 14.4. The van der Waals surface area contributed by atoms with E-state index in [0.29, 0.717) is 42.4 Å². The summed E-state index contributed by atoms with van der Waals surface area (Å²) in [7, 11) is 0. The van der Waals surface area contributed by atoms with E-state index in [0.717, 1.165) is 17.1 Å². The smallest absolute Gasteiger partial charge is 0.267 e. The molecule has 1 fully saturated rings. The minimum absolute atomic E-state index is 0.0885. The number of carbonyl (C=O) groups is 2. The van der Waals surface area contributed by atoms with E-state index in [1.165, 1.54) is 11.3 Å². The summed E-state index contributed by atoms with van der Waals surface area (Å²) >= 11 is 1.39. The second kappa shape index (κ2) is 7.76. The lowest BCUT2D eigenvalue weighted by molar-refractivity contribution is 0.0303. The van der Waals surface area contributed by atoms with Crippen molar-refractivity contribution in [2.75, 3.05) is 31.6 Å². The van der Waals surface area contributed by atoms with Gasteiger partial charge in [-0.1, -0.05) is 19.1 Å². The lowest BCUT2D eigenvalue weighted by Crippen LogP contribution is -2.41. The van der Waals surface area contributed by atoms with Crippen LogP contribution in [0.2, 0.25) is 0 Å². The molecule has 6 nitrogen and oxygen atoms in total. The van der Waals surface area contributed by atoms with Gasteiger partial charge in [0.2, 0.25) is 0 Å². The highest BCUT2D eigenvalue weighted by Crippen LogP contribution is 2.23. The van der Waals surface area contributed by atoms with Gasteiger partial charge >= 0.3 is 0 Å². The number of hydrogen-bond acceptors (Lipinski definition) is 5. The molecule has 0 aliphatic carbocycles. The molecular formula is C18H21N3O3S. The van der Waals surface area contributed by atoms with Crippen LogP contribution in [-0.2, 0) is 11.2 Å². The zero-order chi connectivity index (χ0) is 17.8. The van der Waals surface area contributed by atoms with Crippen LogP contribution in [0.5, 0.6) is 0 Å². The Morgan fingerprint density at radius 1 is 1.28 bits per heavy atom. The number of nitrogens with one attached hydrogen (secondary N) is 1. The van der Waals surface area contributed by atoms with Gasteiger partial charge in [0.15, 0.2) is 0 Å². The summed E-state index contributed by atoms with van der Waals surface area (Å²) in [5.74, 6) is -0.314. The van der Waals surface area contributed by atoms with Crippen LogP contribution in [0.15, 0.2) is 24.3 Å². The Morgan fingerprint density at radius 2 is 2.00 bits per heavy atom. The van der Waals surface area contributed by atoms with Gasteiger partial charge in [-0.15, -0.1) is 11.3 Å². The zero-order valence-corrected chi connectivity index (χ0v) is 15.2. The number of nitrogens with zero attached hydrogens (tertiary/aromatic N) is 2. The minimum Gasteiger partial charge on any atom is -0.378 e. The number of aryl methyl sites for hydroxylation is 2. The Kier molecular flexibility index (Phi) is 5.45. The molecule has 0 bridgehead atoms. The van der Waals surface area contributed by atoms with Crippen molar-refractivity contribution < 1.29 is 14.3 Å². The number of morpholine rings is 1. The molecule has 0 saturated carbocycles. The molecule has 0 unspecified atom stereocenters. The summed E-state index contributed by atoms with van der Waals surface area (Å²) in [6.07, 6.45) is 0.797. The van der Waals surface area contributed by atoms with Crippen molar-refractivity contribution in [2.24, 2.45) is 0 Å². The van der Waals surface area contributed by atoms with Gasteiger partial charge in [0.1, 0.15) is 4.88 Å². The predicted octanol–water partition coefficient (Wildman–Crippen LogP) is 2.74. The lowest BCUT2D eigenvalue weighted by Gasteiger charge is -2.27. The molecule has 3 rings (SSSR count). The summed E-state index contributed by atoms with van der Waals surface area (Å²) in [6.45, 7) is 6.05. The van der Waals surface area contributed by atoms with Crippen LogP contribution in [-0.4, -0.2) is 48.0 Å². The number of thiazole rings is 1. The third-order valence-corrected chi connectivity index (χ3v) is 5.35. The van der Waals surface area contributed by atoms with Gasteiger partial charge in [0, 0.05) is 13.1 Å². The van der Waals surface area contributed by atoms with Crippen molar-refractivity contribution in [3.05, 3.63) is 45.4 Å². The van der Waals surface area contributed by atoms with Gasteiger partial charge in [-0.05, 0) is 25.5 Å². The van der Waals surface area contributed by atoms with E-state index >= 15 is 0 Å². The average molecular weight is 359 g/mol. The first-order valence-corrected chi connectivity index (χ1v) is 9.15. The maximum atomic E-state index is 12.8.